The van der Waals surface area contributed by atoms with Gasteiger partial charge in [0, 0.05) is 55.3 Å². The number of benzene rings is 2. The Labute approximate surface area is 307 Å². The van der Waals surface area contributed by atoms with Crippen molar-refractivity contribution in [2.24, 2.45) is 28.0 Å². The number of hydrogen-bond acceptors (Lipinski definition) is 7. The van der Waals surface area contributed by atoms with Crippen molar-refractivity contribution in [3.05, 3.63) is 70.3 Å². The number of hydrogen-bond donors (Lipinski definition) is 2. The maximum atomic E-state index is 14.5. The van der Waals surface area contributed by atoms with E-state index in [-0.39, 0.29) is 41.3 Å². The number of aryl methyl sites for hydroxylation is 1. The second kappa shape index (κ2) is 14.7. The summed E-state index contributed by atoms with van der Waals surface area (Å²) in [4.78, 5) is 29.5. The second-order valence-electron chi connectivity index (χ2n) is 15.5. The van der Waals surface area contributed by atoms with Gasteiger partial charge in [-0.1, -0.05) is 36.7 Å². The van der Waals surface area contributed by atoms with E-state index in [0.29, 0.717) is 36.2 Å². The molecule has 12 heteroatoms. The summed E-state index contributed by atoms with van der Waals surface area (Å²) in [5.41, 5.74) is 3.42. The van der Waals surface area contributed by atoms with E-state index < -0.39 is 21.9 Å². The van der Waals surface area contributed by atoms with Crippen LogP contribution in [-0.2, 0) is 31.2 Å². The summed E-state index contributed by atoms with van der Waals surface area (Å²) in [5, 5.41) is 3.65. The van der Waals surface area contributed by atoms with Crippen LogP contribution in [0.15, 0.2) is 52.9 Å². The predicted molar refractivity (Wildman–Crippen MR) is 200 cm³/mol. The number of ether oxygens (including phenoxy) is 3. The zero-order valence-corrected chi connectivity index (χ0v) is 31.6. The Morgan fingerprint density at radius 2 is 2.04 bits per heavy atom. The Morgan fingerprint density at radius 1 is 1.20 bits per heavy atom. The van der Waals surface area contributed by atoms with Gasteiger partial charge in [0.2, 0.25) is 0 Å². The summed E-state index contributed by atoms with van der Waals surface area (Å²) in [7, 11) is -0.0785. The average molecular weight is 739 g/mol. The van der Waals surface area contributed by atoms with Gasteiger partial charge < -0.3 is 24.4 Å². The van der Waals surface area contributed by atoms with Gasteiger partial charge in [-0.3, -0.25) is 9.52 Å². The molecule has 5 aliphatic rings. The zero-order chi connectivity index (χ0) is 35.9. The highest BCUT2D eigenvalue weighted by atomic mass is 35.5. The molecule has 10 nitrogen and oxygen atoms in total. The highest BCUT2D eigenvalue weighted by Crippen LogP contribution is 2.47. The SMILES string of the molecule is COC(C)C1C[C@H]1NC(=O)NS1(=O)=NC(=O)c2ccc3c(c2)N(C[C@@H]2CC[C@H]2[C@@H](OC)/C=C/C[C@H](C)C1)C[C@@]1(CCCc2cc(Cl)ccc21)CO3. The second-order valence-corrected chi connectivity index (χ2v) is 17.9. The minimum absolute atomic E-state index is 0.00583. The number of methoxy groups -OCH3 is 2. The molecule has 0 saturated heterocycles. The lowest BCUT2D eigenvalue weighted by Crippen LogP contribution is -2.49. The topological polar surface area (TPSA) is 119 Å². The summed E-state index contributed by atoms with van der Waals surface area (Å²) in [6.07, 6.45) is 10.7. The van der Waals surface area contributed by atoms with Crippen molar-refractivity contribution in [3.8, 4) is 5.75 Å². The highest BCUT2D eigenvalue weighted by molar-refractivity contribution is 7.92. The summed E-state index contributed by atoms with van der Waals surface area (Å²) in [6.45, 7) is 5.94. The molecule has 276 valence electrons. The van der Waals surface area contributed by atoms with E-state index in [9.17, 15) is 13.8 Å². The van der Waals surface area contributed by atoms with E-state index in [1.165, 1.54) is 11.1 Å². The molecule has 3 unspecified atom stereocenters. The van der Waals surface area contributed by atoms with Crippen molar-refractivity contribution < 1.29 is 28.0 Å². The molecule has 3 amide bonds. The lowest BCUT2D eigenvalue weighted by Gasteiger charge is -2.46. The standard InChI is InChI=1S/C39H51ClN4O6S/c1-24-7-5-9-35(49-4)30-13-10-28(30)20-44-22-39(16-6-8-26-17-29(40)12-14-32(26)39)23-50-36-15-11-27(18-34(36)44)37(45)42-51(47,21-24)43-38(46)41-33-19-31(33)25(2)48-3/h5,9,11-12,14-15,17-18,24-25,28,30-31,33,35H,6-8,10,13,16,19-23H2,1-4H3,(H2,41,42,43,45,46,47)/b9-5+/t24-,25?,28-,30+,31?,33+,35-,39-,51?/m0/s1. The summed E-state index contributed by atoms with van der Waals surface area (Å²) in [5.74, 6) is 0.895. The molecule has 9 atom stereocenters. The molecule has 2 aromatic rings. The average Bonchev–Trinajstić information content (AvgIpc) is 3.87. The Morgan fingerprint density at radius 3 is 2.80 bits per heavy atom. The van der Waals surface area contributed by atoms with E-state index in [4.69, 9.17) is 25.8 Å². The number of carbonyl (C=O) groups excluding carboxylic acids is 2. The Kier molecular flexibility index (Phi) is 10.5. The van der Waals surface area contributed by atoms with Crippen molar-refractivity contribution in [2.45, 2.75) is 82.5 Å². The van der Waals surface area contributed by atoms with Crippen LogP contribution < -0.4 is 19.7 Å². The Hall–Kier alpha value is -3.12. The fourth-order valence-electron chi connectivity index (χ4n) is 8.78. The number of nitrogens with zero attached hydrogens (tertiary/aromatic N) is 2. The smallest absolute Gasteiger partial charge is 0.327 e. The fourth-order valence-corrected chi connectivity index (χ4v) is 10.8. The minimum atomic E-state index is -3.49. The van der Waals surface area contributed by atoms with E-state index in [1.807, 2.05) is 32.0 Å². The minimum Gasteiger partial charge on any atom is -0.490 e. The molecule has 2 bridgehead atoms. The molecule has 2 saturated carbocycles. The molecule has 2 aliphatic heterocycles. The Balaban J connectivity index is 1.25. The molecular formula is C39H51ClN4O6S. The van der Waals surface area contributed by atoms with Gasteiger partial charge in [-0.25, -0.2) is 9.00 Å². The van der Waals surface area contributed by atoms with Gasteiger partial charge in [0.25, 0.3) is 5.91 Å². The zero-order valence-electron chi connectivity index (χ0n) is 30.1. The van der Waals surface area contributed by atoms with Crippen LogP contribution in [-0.4, -0.2) is 74.1 Å². The maximum absolute atomic E-state index is 14.5. The van der Waals surface area contributed by atoms with Gasteiger partial charge >= 0.3 is 6.03 Å². The fraction of sp³-hybridized carbons (Fsp3) is 0.590. The number of rotatable bonds is 5. The maximum Gasteiger partial charge on any atom is 0.327 e. The number of halogens is 1. The van der Waals surface area contributed by atoms with Crippen molar-refractivity contribution >= 4 is 39.1 Å². The number of nitrogens with one attached hydrogen (secondary N) is 2. The normalized spacial score (nSPS) is 34.4. The molecule has 51 heavy (non-hydrogen) atoms. The number of urea groups is 1. The van der Waals surface area contributed by atoms with Crippen molar-refractivity contribution in [1.29, 1.82) is 0 Å². The summed E-state index contributed by atoms with van der Waals surface area (Å²) < 4.78 is 39.5. The highest BCUT2D eigenvalue weighted by Gasteiger charge is 2.45. The predicted octanol–water partition coefficient (Wildman–Crippen LogP) is 6.70. The molecule has 0 aromatic heterocycles. The lowest BCUT2D eigenvalue weighted by molar-refractivity contribution is 0.0131. The largest absolute Gasteiger partial charge is 0.490 e. The van der Waals surface area contributed by atoms with Gasteiger partial charge in [0.1, 0.15) is 15.7 Å². The van der Waals surface area contributed by atoms with E-state index in [1.54, 1.807) is 20.3 Å². The third-order valence-electron chi connectivity index (χ3n) is 11.9. The van der Waals surface area contributed by atoms with E-state index >= 15 is 0 Å². The van der Waals surface area contributed by atoms with Crippen LogP contribution in [0.1, 0.15) is 73.9 Å². The first kappa shape index (κ1) is 36.2. The van der Waals surface area contributed by atoms with Crippen LogP contribution in [0, 0.1) is 23.7 Å². The quantitative estimate of drug-likeness (QED) is 0.328. The van der Waals surface area contributed by atoms with E-state index in [2.05, 4.69) is 43.6 Å². The Bertz CT molecular complexity index is 1810. The number of amides is 3. The summed E-state index contributed by atoms with van der Waals surface area (Å²) in [6, 6.07) is 10.9. The molecule has 1 spiro atoms. The van der Waals surface area contributed by atoms with Gasteiger partial charge in [-0.2, -0.15) is 0 Å². The first-order valence-corrected chi connectivity index (χ1v) is 20.5. The van der Waals surface area contributed by atoms with Gasteiger partial charge in [0.15, 0.2) is 0 Å². The van der Waals surface area contributed by atoms with Crippen LogP contribution in [0.25, 0.3) is 0 Å². The number of fused-ring (bicyclic) bond motifs is 4. The first-order valence-electron chi connectivity index (χ1n) is 18.4. The van der Waals surface area contributed by atoms with Crippen molar-refractivity contribution in [1.82, 2.24) is 10.0 Å². The van der Waals surface area contributed by atoms with Crippen molar-refractivity contribution in [2.75, 3.05) is 44.6 Å². The van der Waals surface area contributed by atoms with Crippen LogP contribution in [0.5, 0.6) is 5.75 Å². The van der Waals surface area contributed by atoms with Crippen molar-refractivity contribution in [3.63, 3.8) is 0 Å². The third kappa shape index (κ3) is 7.68. The molecule has 2 fully saturated rings. The van der Waals surface area contributed by atoms with Crippen LogP contribution in [0.2, 0.25) is 5.02 Å². The van der Waals surface area contributed by atoms with Crippen LogP contribution >= 0.6 is 11.6 Å². The van der Waals surface area contributed by atoms with Gasteiger partial charge in [-0.15, -0.1) is 4.36 Å². The molecule has 0 radical (unpaired) electrons. The molecule has 2 N–H and O–H groups in total. The van der Waals surface area contributed by atoms with Gasteiger partial charge in [-0.05, 0) is 111 Å². The lowest BCUT2D eigenvalue weighted by atomic mass is 9.68. The monoisotopic (exact) mass is 738 g/mol. The third-order valence-corrected chi connectivity index (χ3v) is 14.1. The molecule has 3 aliphatic carbocycles. The van der Waals surface area contributed by atoms with Crippen LogP contribution in [0.4, 0.5) is 10.5 Å². The van der Waals surface area contributed by atoms with Gasteiger partial charge in [0.05, 0.1) is 30.3 Å². The molecule has 2 aromatic carbocycles. The summed E-state index contributed by atoms with van der Waals surface area (Å²) >= 11 is 6.46. The molecule has 2 heterocycles. The van der Waals surface area contributed by atoms with Crippen LogP contribution in [0.3, 0.4) is 0 Å². The number of carbonyl (C=O) groups is 2. The first-order chi connectivity index (χ1) is 24.5. The molecular weight excluding hydrogens is 688 g/mol. The number of anilines is 1. The molecule has 7 rings (SSSR count). The number of allylic oxidation sites excluding steroid dienone is 1. The van der Waals surface area contributed by atoms with E-state index in [0.717, 1.165) is 62.3 Å².